The quantitative estimate of drug-likeness (QED) is 0.844. The van der Waals surface area contributed by atoms with Crippen molar-refractivity contribution in [3.05, 3.63) is 18.1 Å². The van der Waals surface area contributed by atoms with Crippen molar-refractivity contribution in [3.8, 4) is 0 Å². The SMILES string of the molecule is FC(F)(F)CNc1cc(C2CC2)ncn1. The third-order valence-corrected chi connectivity index (χ3v) is 2.15. The lowest BCUT2D eigenvalue weighted by Gasteiger charge is -2.08. The van der Waals surface area contributed by atoms with Gasteiger partial charge in [0.1, 0.15) is 18.7 Å². The molecule has 2 rings (SSSR count). The number of nitrogens with one attached hydrogen (secondary N) is 1. The molecule has 0 amide bonds. The van der Waals surface area contributed by atoms with Crippen LogP contribution in [0.5, 0.6) is 0 Å². The van der Waals surface area contributed by atoms with Crippen molar-refractivity contribution in [1.82, 2.24) is 9.97 Å². The molecule has 0 spiro atoms. The number of halogens is 3. The third-order valence-electron chi connectivity index (χ3n) is 2.15. The van der Waals surface area contributed by atoms with Crippen LogP contribution in [-0.2, 0) is 0 Å². The lowest BCUT2D eigenvalue weighted by Crippen LogP contribution is -2.21. The predicted octanol–water partition coefficient (Wildman–Crippen LogP) is 2.33. The number of hydrogen-bond acceptors (Lipinski definition) is 3. The molecule has 1 heterocycles. The summed E-state index contributed by atoms with van der Waals surface area (Å²) < 4.78 is 35.7. The molecule has 0 unspecified atom stereocenters. The van der Waals surface area contributed by atoms with Gasteiger partial charge in [-0.15, -0.1) is 0 Å². The van der Waals surface area contributed by atoms with Crippen LogP contribution in [0.4, 0.5) is 19.0 Å². The van der Waals surface area contributed by atoms with E-state index < -0.39 is 12.7 Å². The Hall–Kier alpha value is -1.33. The molecule has 1 fully saturated rings. The van der Waals surface area contributed by atoms with Crippen LogP contribution in [0.15, 0.2) is 12.4 Å². The van der Waals surface area contributed by atoms with Gasteiger partial charge in [-0.1, -0.05) is 0 Å². The Bertz CT molecular complexity index is 347. The Morgan fingerprint density at radius 1 is 1.33 bits per heavy atom. The van der Waals surface area contributed by atoms with Gasteiger partial charge in [0.25, 0.3) is 0 Å². The van der Waals surface area contributed by atoms with Crippen LogP contribution in [0, 0.1) is 0 Å². The maximum absolute atomic E-state index is 11.9. The average Bonchev–Trinajstić information content (AvgIpc) is 2.97. The van der Waals surface area contributed by atoms with E-state index in [4.69, 9.17) is 0 Å². The predicted molar refractivity (Wildman–Crippen MR) is 48.6 cm³/mol. The summed E-state index contributed by atoms with van der Waals surface area (Å²) in [6.45, 7) is -1.06. The summed E-state index contributed by atoms with van der Waals surface area (Å²) in [5.41, 5.74) is 0.828. The fourth-order valence-electron chi connectivity index (χ4n) is 1.26. The molecular weight excluding hydrogens is 207 g/mol. The maximum atomic E-state index is 11.9. The Labute approximate surface area is 84.7 Å². The molecule has 0 bridgehead atoms. The minimum atomic E-state index is -4.22. The fourth-order valence-corrected chi connectivity index (χ4v) is 1.26. The summed E-state index contributed by atoms with van der Waals surface area (Å²) in [7, 11) is 0. The highest BCUT2D eigenvalue weighted by Crippen LogP contribution is 2.39. The van der Waals surface area contributed by atoms with Crippen LogP contribution in [0.2, 0.25) is 0 Å². The lowest BCUT2D eigenvalue weighted by atomic mass is 10.3. The first kappa shape index (κ1) is 10.2. The number of hydrogen-bond donors (Lipinski definition) is 1. The highest BCUT2D eigenvalue weighted by molar-refractivity contribution is 5.36. The molecule has 1 aromatic rings. The Morgan fingerprint density at radius 2 is 2.07 bits per heavy atom. The van der Waals surface area contributed by atoms with Crippen molar-refractivity contribution in [3.63, 3.8) is 0 Å². The van der Waals surface area contributed by atoms with Crippen molar-refractivity contribution < 1.29 is 13.2 Å². The van der Waals surface area contributed by atoms with Gasteiger partial charge in [-0.2, -0.15) is 13.2 Å². The molecule has 3 nitrogen and oxygen atoms in total. The molecule has 0 aliphatic heterocycles. The number of aromatic nitrogens is 2. The van der Waals surface area contributed by atoms with Gasteiger partial charge in [0.15, 0.2) is 0 Å². The number of alkyl halides is 3. The Morgan fingerprint density at radius 3 is 2.67 bits per heavy atom. The van der Waals surface area contributed by atoms with Gasteiger partial charge in [0.2, 0.25) is 0 Å². The summed E-state index contributed by atoms with van der Waals surface area (Å²) in [5, 5.41) is 2.23. The zero-order valence-electron chi connectivity index (χ0n) is 7.88. The first-order valence-corrected chi connectivity index (χ1v) is 4.67. The molecule has 15 heavy (non-hydrogen) atoms. The van der Waals surface area contributed by atoms with Crippen molar-refractivity contribution in [2.24, 2.45) is 0 Å². The lowest BCUT2D eigenvalue weighted by molar-refractivity contribution is -0.115. The van der Waals surface area contributed by atoms with Gasteiger partial charge >= 0.3 is 6.18 Å². The molecule has 1 aromatic heterocycles. The molecule has 0 aromatic carbocycles. The molecule has 1 saturated carbocycles. The van der Waals surface area contributed by atoms with E-state index in [1.165, 1.54) is 6.33 Å². The number of nitrogens with zero attached hydrogens (tertiary/aromatic N) is 2. The average molecular weight is 217 g/mol. The third kappa shape index (κ3) is 3.07. The van der Waals surface area contributed by atoms with Crippen LogP contribution < -0.4 is 5.32 Å². The molecule has 82 valence electrons. The Balaban J connectivity index is 1.99. The van der Waals surface area contributed by atoms with E-state index in [-0.39, 0.29) is 5.82 Å². The molecule has 1 aliphatic carbocycles. The minimum absolute atomic E-state index is 0.240. The molecule has 6 heteroatoms. The van der Waals surface area contributed by atoms with Gasteiger partial charge in [-0.25, -0.2) is 9.97 Å². The smallest absolute Gasteiger partial charge is 0.361 e. The molecule has 1 N–H and O–H groups in total. The second kappa shape index (κ2) is 3.67. The summed E-state index contributed by atoms with van der Waals surface area (Å²) in [6, 6.07) is 1.59. The van der Waals surface area contributed by atoms with E-state index in [2.05, 4.69) is 15.3 Å². The van der Waals surface area contributed by atoms with Crippen LogP contribution in [0.3, 0.4) is 0 Å². The van der Waals surface area contributed by atoms with Crippen molar-refractivity contribution in [1.29, 1.82) is 0 Å². The van der Waals surface area contributed by atoms with Gasteiger partial charge < -0.3 is 5.32 Å². The van der Waals surface area contributed by atoms with Gasteiger partial charge in [0.05, 0.1) is 0 Å². The second-order valence-corrected chi connectivity index (χ2v) is 3.57. The Kier molecular flexibility index (Phi) is 2.50. The highest BCUT2D eigenvalue weighted by Gasteiger charge is 2.28. The zero-order valence-corrected chi connectivity index (χ0v) is 7.88. The van der Waals surface area contributed by atoms with Crippen LogP contribution >= 0.6 is 0 Å². The van der Waals surface area contributed by atoms with Crippen molar-refractivity contribution in [2.45, 2.75) is 24.9 Å². The van der Waals surface area contributed by atoms with E-state index in [1.54, 1.807) is 6.07 Å². The van der Waals surface area contributed by atoms with Crippen LogP contribution in [0.1, 0.15) is 24.5 Å². The minimum Gasteiger partial charge on any atom is -0.361 e. The number of anilines is 1. The van der Waals surface area contributed by atoms with Crippen molar-refractivity contribution >= 4 is 5.82 Å². The van der Waals surface area contributed by atoms with Crippen molar-refractivity contribution in [2.75, 3.05) is 11.9 Å². The normalized spacial score (nSPS) is 16.5. The van der Waals surface area contributed by atoms with Crippen LogP contribution in [0.25, 0.3) is 0 Å². The topological polar surface area (TPSA) is 37.8 Å². The molecule has 1 aliphatic rings. The van der Waals surface area contributed by atoms with Crippen LogP contribution in [-0.4, -0.2) is 22.7 Å². The first-order valence-electron chi connectivity index (χ1n) is 4.67. The van der Waals surface area contributed by atoms with E-state index in [0.29, 0.717) is 5.92 Å². The monoisotopic (exact) mass is 217 g/mol. The van der Waals surface area contributed by atoms with E-state index >= 15 is 0 Å². The first-order chi connectivity index (χ1) is 7.04. The zero-order chi connectivity index (χ0) is 10.9. The van der Waals surface area contributed by atoms with E-state index in [0.717, 1.165) is 18.5 Å². The molecule has 0 saturated heterocycles. The van der Waals surface area contributed by atoms with Gasteiger partial charge in [-0.05, 0) is 12.8 Å². The largest absolute Gasteiger partial charge is 0.405 e. The highest BCUT2D eigenvalue weighted by atomic mass is 19.4. The van der Waals surface area contributed by atoms with Gasteiger partial charge in [0, 0.05) is 17.7 Å². The van der Waals surface area contributed by atoms with E-state index in [9.17, 15) is 13.2 Å². The molecule has 0 radical (unpaired) electrons. The summed E-state index contributed by atoms with van der Waals surface area (Å²) >= 11 is 0. The summed E-state index contributed by atoms with van der Waals surface area (Å²) in [4.78, 5) is 7.74. The van der Waals surface area contributed by atoms with E-state index in [1.807, 2.05) is 0 Å². The maximum Gasteiger partial charge on any atom is 0.405 e. The molecule has 0 atom stereocenters. The second-order valence-electron chi connectivity index (χ2n) is 3.57. The fraction of sp³-hybridized carbons (Fsp3) is 0.556. The summed E-state index contributed by atoms with van der Waals surface area (Å²) in [5.74, 6) is 0.656. The standard InChI is InChI=1S/C9H10F3N3/c10-9(11,12)4-13-8-3-7(6-1-2-6)14-5-15-8/h3,5-6H,1-2,4H2,(H,13,14,15). The van der Waals surface area contributed by atoms with Gasteiger partial charge in [-0.3, -0.25) is 0 Å². The number of rotatable bonds is 3. The summed E-state index contributed by atoms with van der Waals surface area (Å²) in [6.07, 6.45) is -0.789. The molecular formula is C9H10F3N3.